The number of aromatic nitrogens is 3. The second-order valence-electron chi connectivity index (χ2n) is 6.65. The maximum atomic E-state index is 13.0. The molecule has 3 rings (SSSR count). The highest BCUT2D eigenvalue weighted by Crippen LogP contribution is 2.30. The molecule has 0 radical (unpaired) electrons. The first-order valence-corrected chi connectivity index (χ1v) is 8.77. The molecule has 26 heavy (non-hydrogen) atoms. The van der Waals surface area contributed by atoms with Crippen LogP contribution in [0.25, 0.3) is 10.7 Å². The fourth-order valence-corrected chi connectivity index (χ4v) is 3.55. The molecule has 2 aromatic heterocycles. The number of thiazole rings is 1. The Bertz CT molecular complexity index is 1000. The predicted molar refractivity (Wildman–Crippen MR) is 98.7 cm³/mol. The molecule has 0 atom stereocenters. The minimum atomic E-state index is -0.857. The summed E-state index contributed by atoms with van der Waals surface area (Å²) in [7, 11) is 1.52. The third-order valence-electron chi connectivity index (χ3n) is 3.89. The van der Waals surface area contributed by atoms with E-state index in [1.54, 1.807) is 32.2 Å². The van der Waals surface area contributed by atoms with Gasteiger partial charge in [0.1, 0.15) is 22.3 Å². The summed E-state index contributed by atoms with van der Waals surface area (Å²) in [5, 5.41) is 10.7. The molecule has 136 valence electrons. The summed E-state index contributed by atoms with van der Waals surface area (Å²) < 4.78 is 14.3. The van der Waals surface area contributed by atoms with E-state index in [2.05, 4.69) is 9.97 Å². The maximum absolute atomic E-state index is 13.0. The molecule has 0 bridgehead atoms. The largest absolute Gasteiger partial charge is 0.501 e. The van der Waals surface area contributed by atoms with Gasteiger partial charge in [0.05, 0.1) is 5.54 Å². The van der Waals surface area contributed by atoms with E-state index in [1.807, 2.05) is 0 Å². The Morgan fingerprint density at radius 1 is 1.31 bits per heavy atom. The second-order valence-corrected chi connectivity index (χ2v) is 7.77. The third kappa shape index (κ3) is 3.51. The van der Waals surface area contributed by atoms with Crippen molar-refractivity contribution in [1.29, 1.82) is 0 Å². The van der Waals surface area contributed by atoms with Crippen LogP contribution in [0.15, 0.2) is 35.3 Å². The van der Waals surface area contributed by atoms with Gasteiger partial charge in [0.25, 0.3) is 5.56 Å². The number of nitrogens with zero attached hydrogens (tertiary/aromatic N) is 3. The van der Waals surface area contributed by atoms with Gasteiger partial charge in [-0.15, -0.1) is 11.3 Å². The first-order chi connectivity index (χ1) is 12.2. The number of hydrogen-bond donors (Lipinski definition) is 2. The van der Waals surface area contributed by atoms with Gasteiger partial charge in [-0.3, -0.25) is 9.36 Å². The van der Waals surface area contributed by atoms with Gasteiger partial charge in [0, 0.05) is 24.5 Å². The lowest BCUT2D eigenvalue weighted by Gasteiger charge is -2.21. The summed E-state index contributed by atoms with van der Waals surface area (Å²) in [5.74, 6) is -0.390. The molecule has 0 saturated carbocycles. The van der Waals surface area contributed by atoms with E-state index in [0.29, 0.717) is 17.3 Å². The molecule has 0 aliphatic rings. The van der Waals surface area contributed by atoms with Crippen molar-refractivity contribution in [3.05, 3.63) is 62.9 Å². The number of halogens is 1. The summed E-state index contributed by atoms with van der Waals surface area (Å²) in [5.41, 5.74) is 5.72. The molecule has 6 nitrogen and oxygen atoms in total. The van der Waals surface area contributed by atoms with Crippen molar-refractivity contribution >= 4 is 11.3 Å². The van der Waals surface area contributed by atoms with E-state index in [9.17, 15) is 14.3 Å². The van der Waals surface area contributed by atoms with Crippen molar-refractivity contribution in [3.63, 3.8) is 0 Å². The van der Waals surface area contributed by atoms with Crippen LogP contribution in [0.2, 0.25) is 0 Å². The zero-order valence-electron chi connectivity index (χ0n) is 14.7. The molecule has 0 aliphatic carbocycles. The Morgan fingerprint density at radius 3 is 2.58 bits per heavy atom. The van der Waals surface area contributed by atoms with E-state index >= 15 is 0 Å². The highest BCUT2D eigenvalue weighted by atomic mass is 32.1. The number of benzene rings is 1. The standard InChI is InChI=1S/C18H19FN4O2S/c1-18(2,20)17-22-13(14(24)16(25)23(17)3)15-21-9-12(26-15)8-10-4-6-11(19)7-5-10/h4-7,9,24H,8,20H2,1-3H3. The first kappa shape index (κ1) is 18.2. The lowest BCUT2D eigenvalue weighted by molar-refractivity contribution is 0.435. The SMILES string of the molecule is Cn1c(C(C)(C)N)nc(-c2ncc(Cc3ccc(F)cc3)s2)c(O)c1=O. The van der Waals surface area contributed by atoms with Crippen LogP contribution in [-0.2, 0) is 19.0 Å². The van der Waals surface area contributed by atoms with E-state index in [-0.39, 0.29) is 11.5 Å². The van der Waals surface area contributed by atoms with Crippen LogP contribution in [0.1, 0.15) is 30.1 Å². The minimum absolute atomic E-state index is 0.122. The van der Waals surface area contributed by atoms with Crippen LogP contribution in [0.3, 0.4) is 0 Å². The van der Waals surface area contributed by atoms with Crippen molar-refractivity contribution in [2.24, 2.45) is 12.8 Å². The number of hydrogen-bond acceptors (Lipinski definition) is 6. The topological polar surface area (TPSA) is 94.0 Å². The molecule has 2 heterocycles. The van der Waals surface area contributed by atoms with Crippen molar-refractivity contribution in [2.75, 3.05) is 0 Å². The summed E-state index contributed by atoms with van der Waals surface area (Å²) >= 11 is 1.32. The summed E-state index contributed by atoms with van der Waals surface area (Å²) in [6.45, 7) is 3.47. The molecule has 0 fully saturated rings. The fraction of sp³-hybridized carbons (Fsp3) is 0.278. The summed E-state index contributed by atoms with van der Waals surface area (Å²) in [6, 6.07) is 6.22. The molecule has 0 unspecified atom stereocenters. The Labute approximate surface area is 153 Å². The second kappa shape index (κ2) is 6.62. The third-order valence-corrected chi connectivity index (χ3v) is 4.90. The molecular formula is C18H19FN4O2S. The van der Waals surface area contributed by atoms with E-state index < -0.39 is 16.8 Å². The van der Waals surface area contributed by atoms with Gasteiger partial charge < -0.3 is 10.8 Å². The van der Waals surface area contributed by atoms with Crippen molar-refractivity contribution < 1.29 is 9.50 Å². The smallest absolute Gasteiger partial charge is 0.296 e. The first-order valence-electron chi connectivity index (χ1n) is 7.95. The van der Waals surface area contributed by atoms with Crippen LogP contribution in [0.4, 0.5) is 4.39 Å². The van der Waals surface area contributed by atoms with Crippen LogP contribution < -0.4 is 11.3 Å². The maximum Gasteiger partial charge on any atom is 0.296 e. The molecular weight excluding hydrogens is 355 g/mol. The molecule has 0 amide bonds. The van der Waals surface area contributed by atoms with Crippen LogP contribution in [-0.4, -0.2) is 19.6 Å². The quantitative estimate of drug-likeness (QED) is 0.732. The highest BCUT2D eigenvalue weighted by Gasteiger charge is 2.25. The zero-order chi connectivity index (χ0) is 19.1. The van der Waals surface area contributed by atoms with Gasteiger partial charge in [-0.1, -0.05) is 12.1 Å². The van der Waals surface area contributed by atoms with E-state index in [4.69, 9.17) is 5.73 Å². The van der Waals surface area contributed by atoms with Gasteiger partial charge in [-0.25, -0.2) is 14.4 Å². The van der Waals surface area contributed by atoms with Gasteiger partial charge in [0.2, 0.25) is 5.75 Å². The molecule has 3 aromatic rings. The van der Waals surface area contributed by atoms with Crippen molar-refractivity contribution in [2.45, 2.75) is 25.8 Å². The number of nitrogens with two attached hydrogens (primary N) is 1. The normalized spacial score (nSPS) is 11.7. The number of aromatic hydroxyl groups is 1. The van der Waals surface area contributed by atoms with Crippen LogP contribution >= 0.6 is 11.3 Å². The fourth-order valence-electron chi connectivity index (χ4n) is 2.62. The molecule has 0 aliphatic heterocycles. The Hall–Kier alpha value is -2.58. The lowest BCUT2D eigenvalue weighted by Crippen LogP contribution is -2.37. The van der Waals surface area contributed by atoms with Gasteiger partial charge in [-0.2, -0.15) is 0 Å². The summed E-state index contributed by atoms with van der Waals surface area (Å²) in [6.07, 6.45) is 2.23. The Morgan fingerprint density at radius 2 is 1.96 bits per heavy atom. The molecule has 1 aromatic carbocycles. The van der Waals surface area contributed by atoms with Gasteiger partial charge in [-0.05, 0) is 31.5 Å². The lowest BCUT2D eigenvalue weighted by atomic mass is 10.1. The number of rotatable bonds is 4. The van der Waals surface area contributed by atoms with Gasteiger partial charge >= 0.3 is 0 Å². The Balaban J connectivity index is 2.00. The summed E-state index contributed by atoms with van der Waals surface area (Å²) in [4.78, 5) is 21.9. The average Bonchev–Trinajstić information content (AvgIpc) is 3.02. The molecule has 0 spiro atoms. The molecule has 0 saturated heterocycles. The van der Waals surface area contributed by atoms with E-state index in [1.165, 1.54) is 35.1 Å². The molecule has 3 N–H and O–H groups in total. The Kier molecular flexibility index (Phi) is 4.64. The van der Waals surface area contributed by atoms with Gasteiger partial charge in [0.15, 0.2) is 0 Å². The minimum Gasteiger partial charge on any atom is -0.501 e. The van der Waals surface area contributed by atoms with Crippen LogP contribution in [0, 0.1) is 5.82 Å². The monoisotopic (exact) mass is 374 g/mol. The molecule has 8 heteroatoms. The van der Waals surface area contributed by atoms with Crippen LogP contribution in [0.5, 0.6) is 5.75 Å². The highest BCUT2D eigenvalue weighted by molar-refractivity contribution is 7.15. The average molecular weight is 374 g/mol. The van der Waals surface area contributed by atoms with Crippen molar-refractivity contribution in [3.8, 4) is 16.5 Å². The van der Waals surface area contributed by atoms with Crippen molar-refractivity contribution in [1.82, 2.24) is 14.5 Å². The van der Waals surface area contributed by atoms with E-state index in [0.717, 1.165) is 10.4 Å². The predicted octanol–water partition coefficient (Wildman–Crippen LogP) is 2.53. The zero-order valence-corrected chi connectivity index (χ0v) is 15.5.